The Labute approximate surface area is 183 Å². The summed E-state index contributed by atoms with van der Waals surface area (Å²) in [5.74, 6) is -0.371. The first-order chi connectivity index (χ1) is 14.1. The summed E-state index contributed by atoms with van der Waals surface area (Å²) < 4.78 is 20.3. The van der Waals surface area contributed by atoms with Crippen molar-refractivity contribution in [3.63, 3.8) is 0 Å². The fourth-order valence-electron chi connectivity index (χ4n) is 4.22. The maximum absolute atomic E-state index is 14.7. The van der Waals surface area contributed by atoms with Crippen LogP contribution in [-0.4, -0.2) is 51.7 Å². The number of carbonyl (C=O) groups excluding carboxylic acids is 1. The lowest BCUT2D eigenvalue weighted by Crippen LogP contribution is -2.57. The molecule has 0 aromatic carbocycles. The van der Waals surface area contributed by atoms with Crippen LogP contribution in [0.4, 0.5) is 15.0 Å². The number of nitrogens with zero attached hydrogens (tertiary/aromatic N) is 5. The van der Waals surface area contributed by atoms with Gasteiger partial charge in [0.1, 0.15) is 28.2 Å². The summed E-state index contributed by atoms with van der Waals surface area (Å²) in [6.45, 7) is 6.49. The number of carbonyl (C=O) groups is 1. The van der Waals surface area contributed by atoms with Gasteiger partial charge in [0.2, 0.25) is 0 Å². The fraction of sp³-hybridized carbons (Fsp3) is 0.500. The largest absolute Gasteiger partial charge is 0.444 e. The Morgan fingerprint density at radius 2 is 1.90 bits per heavy atom. The van der Waals surface area contributed by atoms with E-state index in [0.29, 0.717) is 24.3 Å². The first-order valence-corrected chi connectivity index (χ1v) is 10.4. The van der Waals surface area contributed by atoms with Crippen molar-refractivity contribution in [3.05, 3.63) is 27.9 Å². The van der Waals surface area contributed by atoms with Crippen LogP contribution in [0.25, 0.3) is 10.8 Å². The molecular formula is C20H20Cl2FN5O2. The molecule has 4 rings (SSSR count). The molecule has 2 aliphatic heterocycles. The lowest BCUT2D eigenvalue weighted by atomic mass is 10.1. The summed E-state index contributed by atoms with van der Waals surface area (Å²) in [5.41, 5.74) is -0.651. The lowest BCUT2D eigenvalue weighted by molar-refractivity contribution is 0.0123. The van der Waals surface area contributed by atoms with Crippen molar-refractivity contribution in [3.8, 4) is 6.07 Å². The zero-order chi connectivity index (χ0) is 21.8. The highest BCUT2D eigenvalue weighted by atomic mass is 35.5. The predicted molar refractivity (Wildman–Crippen MR) is 111 cm³/mol. The molecule has 2 unspecified atom stereocenters. The number of hydrogen-bond donors (Lipinski definition) is 0. The number of hydrogen-bond acceptors (Lipinski definition) is 6. The SMILES string of the molecule is CC(C)(C)OC(=O)N1C2CCC1CN(c1nc(Cl)c(C#N)c3c(F)c(Cl)ncc13)C2. The molecule has 2 fully saturated rings. The number of fused-ring (bicyclic) bond motifs is 3. The minimum atomic E-state index is -0.799. The number of pyridine rings is 2. The summed E-state index contributed by atoms with van der Waals surface area (Å²) in [5, 5.41) is 9.39. The van der Waals surface area contributed by atoms with Crippen LogP contribution in [0.2, 0.25) is 10.3 Å². The fourth-order valence-corrected chi connectivity index (χ4v) is 4.58. The van der Waals surface area contributed by atoms with Gasteiger partial charge in [0.25, 0.3) is 0 Å². The Balaban J connectivity index is 1.72. The maximum Gasteiger partial charge on any atom is 0.410 e. The van der Waals surface area contributed by atoms with E-state index in [1.165, 1.54) is 6.20 Å². The third-order valence-electron chi connectivity index (χ3n) is 5.38. The Kier molecular flexibility index (Phi) is 5.15. The van der Waals surface area contributed by atoms with Crippen molar-refractivity contribution >= 4 is 45.9 Å². The molecule has 2 saturated heterocycles. The van der Waals surface area contributed by atoms with Crippen molar-refractivity contribution in [1.82, 2.24) is 14.9 Å². The van der Waals surface area contributed by atoms with E-state index >= 15 is 0 Å². The Bertz CT molecular complexity index is 1070. The van der Waals surface area contributed by atoms with Gasteiger partial charge < -0.3 is 9.64 Å². The van der Waals surface area contributed by atoms with E-state index < -0.39 is 11.4 Å². The van der Waals surface area contributed by atoms with Crippen molar-refractivity contribution in [2.24, 2.45) is 0 Å². The third-order valence-corrected chi connectivity index (χ3v) is 5.91. The van der Waals surface area contributed by atoms with Crippen LogP contribution in [0.1, 0.15) is 39.2 Å². The van der Waals surface area contributed by atoms with Crippen molar-refractivity contribution in [1.29, 1.82) is 5.26 Å². The van der Waals surface area contributed by atoms with E-state index in [2.05, 4.69) is 9.97 Å². The lowest BCUT2D eigenvalue weighted by Gasteiger charge is -2.42. The van der Waals surface area contributed by atoms with E-state index in [4.69, 9.17) is 27.9 Å². The number of rotatable bonds is 1. The van der Waals surface area contributed by atoms with E-state index in [0.717, 1.165) is 12.8 Å². The van der Waals surface area contributed by atoms with Crippen LogP contribution in [-0.2, 0) is 4.74 Å². The van der Waals surface area contributed by atoms with Gasteiger partial charge in [-0.25, -0.2) is 19.2 Å². The summed E-state index contributed by atoms with van der Waals surface area (Å²) in [6.07, 6.45) is 2.74. The molecule has 2 atom stereocenters. The highest BCUT2D eigenvalue weighted by Gasteiger charge is 2.45. The van der Waals surface area contributed by atoms with E-state index in [9.17, 15) is 14.4 Å². The smallest absolute Gasteiger partial charge is 0.410 e. The topological polar surface area (TPSA) is 82.4 Å². The molecule has 1 amide bonds. The minimum absolute atomic E-state index is 0.00872. The van der Waals surface area contributed by atoms with Crippen LogP contribution in [0.5, 0.6) is 0 Å². The molecule has 2 aromatic rings. The van der Waals surface area contributed by atoms with Crippen molar-refractivity contribution < 1.29 is 13.9 Å². The van der Waals surface area contributed by atoms with Gasteiger partial charge in [-0.15, -0.1) is 0 Å². The zero-order valence-electron chi connectivity index (χ0n) is 16.7. The highest BCUT2D eigenvalue weighted by molar-refractivity contribution is 6.33. The van der Waals surface area contributed by atoms with Crippen LogP contribution >= 0.6 is 23.2 Å². The predicted octanol–water partition coefficient (Wildman–Crippen LogP) is 4.54. The highest BCUT2D eigenvalue weighted by Crippen LogP contribution is 2.39. The molecule has 0 N–H and O–H groups in total. The Hall–Kier alpha value is -2.37. The molecule has 7 nitrogen and oxygen atoms in total. The molecule has 2 bridgehead atoms. The molecule has 0 radical (unpaired) electrons. The molecule has 4 heterocycles. The first kappa shape index (κ1) is 20.9. The van der Waals surface area contributed by atoms with E-state index in [1.54, 1.807) is 4.90 Å². The molecule has 10 heteroatoms. The molecule has 0 spiro atoms. The second-order valence-corrected chi connectivity index (χ2v) is 9.26. The van der Waals surface area contributed by atoms with Gasteiger partial charge in [-0.05, 0) is 33.6 Å². The van der Waals surface area contributed by atoms with Crippen LogP contribution < -0.4 is 4.90 Å². The van der Waals surface area contributed by atoms with E-state index in [-0.39, 0.29) is 39.4 Å². The molecule has 30 heavy (non-hydrogen) atoms. The molecule has 2 aliphatic rings. The first-order valence-electron chi connectivity index (χ1n) is 9.60. The molecule has 0 aliphatic carbocycles. The zero-order valence-corrected chi connectivity index (χ0v) is 18.3. The summed E-state index contributed by atoms with van der Waals surface area (Å²) >= 11 is 12.1. The van der Waals surface area contributed by atoms with Crippen LogP contribution in [0, 0.1) is 17.1 Å². The number of nitriles is 1. The molecule has 0 saturated carbocycles. The molecule has 2 aromatic heterocycles. The summed E-state index contributed by atoms with van der Waals surface area (Å²) in [7, 11) is 0. The summed E-state index contributed by atoms with van der Waals surface area (Å²) in [4.78, 5) is 24.7. The van der Waals surface area contributed by atoms with E-state index in [1.807, 2.05) is 31.7 Å². The Morgan fingerprint density at radius 1 is 1.27 bits per heavy atom. The van der Waals surface area contributed by atoms with Gasteiger partial charge in [-0.3, -0.25) is 4.90 Å². The van der Waals surface area contributed by atoms with Gasteiger partial charge >= 0.3 is 6.09 Å². The number of anilines is 1. The summed E-state index contributed by atoms with van der Waals surface area (Å²) in [6, 6.07) is 1.78. The molecular weight excluding hydrogens is 432 g/mol. The average Bonchev–Trinajstić information content (AvgIpc) is 2.93. The normalized spacial score (nSPS) is 21.1. The number of amides is 1. The monoisotopic (exact) mass is 451 g/mol. The van der Waals surface area contributed by atoms with Gasteiger partial charge in [0.05, 0.1) is 12.1 Å². The standard InChI is InChI=1S/C20H20Cl2FN5O2/c1-20(2,3)30-19(29)28-10-4-5-11(28)9-27(8-10)18-13-7-25-17(22)15(23)14(13)12(6-24)16(21)26-18/h7,10-11H,4-5,8-9H2,1-3H3. The van der Waals surface area contributed by atoms with Crippen molar-refractivity contribution in [2.75, 3.05) is 18.0 Å². The minimum Gasteiger partial charge on any atom is -0.444 e. The van der Waals surface area contributed by atoms with Gasteiger partial charge in [0, 0.05) is 30.1 Å². The second kappa shape index (κ2) is 7.40. The number of piperazine rings is 1. The van der Waals surface area contributed by atoms with Gasteiger partial charge in [-0.2, -0.15) is 5.26 Å². The number of aromatic nitrogens is 2. The third kappa shape index (κ3) is 3.50. The number of ether oxygens (including phenoxy) is 1. The van der Waals surface area contributed by atoms with Gasteiger partial charge in [0.15, 0.2) is 11.0 Å². The van der Waals surface area contributed by atoms with Crippen LogP contribution in [0.3, 0.4) is 0 Å². The second-order valence-electron chi connectivity index (χ2n) is 8.54. The van der Waals surface area contributed by atoms with Crippen molar-refractivity contribution in [2.45, 2.75) is 51.3 Å². The molecule has 158 valence electrons. The average molecular weight is 452 g/mol. The Morgan fingerprint density at radius 3 is 2.47 bits per heavy atom. The number of halogens is 3. The quantitative estimate of drug-likeness (QED) is 0.592. The maximum atomic E-state index is 14.7. The van der Waals surface area contributed by atoms with Crippen LogP contribution in [0.15, 0.2) is 6.20 Å². The van der Waals surface area contributed by atoms with Gasteiger partial charge in [-0.1, -0.05) is 23.2 Å².